The molecule has 2 heterocycles. The van der Waals surface area contributed by atoms with Crippen molar-refractivity contribution in [2.24, 2.45) is 0 Å². The average Bonchev–Trinajstić information content (AvgIpc) is 2.94. The van der Waals surface area contributed by atoms with Crippen molar-refractivity contribution in [2.75, 3.05) is 0 Å². The first-order chi connectivity index (χ1) is 9.40. The third kappa shape index (κ3) is 1.77. The molecule has 3 nitrogen and oxygen atoms in total. The molecule has 90 valence electrons. The molecule has 0 saturated carbocycles. The molecule has 0 unspecified atom stereocenters. The van der Waals surface area contributed by atoms with Gasteiger partial charge in [-0.15, -0.1) is 0 Å². The van der Waals surface area contributed by atoms with Crippen molar-refractivity contribution in [3.05, 3.63) is 54.7 Å². The summed E-state index contributed by atoms with van der Waals surface area (Å²) in [5.74, 6) is 0. The lowest BCUT2D eigenvalue weighted by atomic mass is 10.0. The van der Waals surface area contributed by atoms with Crippen LogP contribution in [0.15, 0.2) is 54.7 Å². The van der Waals surface area contributed by atoms with Crippen molar-refractivity contribution in [1.82, 2.24) is 13.7 Å². The summed E-state index contributed by atoms with van der Waals surface area (Å²) >= 11 is 1.22. The number of fused-ring (bicyclic) bond motifs is 2. The van der Waals surface area contributed by atoms with Crippen LogP contribution in [-0.2, 0) is 0 Å². The Morgan fingerprint density at radius 1 is 0.789 bits per heavy atom. The summed E-state index contributed by atoms with van der Waals surface area (Å²) in [5, 5.41) is 2.46. The van der Waals surface area contributed by atoms with E-state index >= 15 is 0 Å². The molecule has 0 spiro atoms. The Hall–Kier alpha value is -2.33. The van der Waals surface area contributed by atoms with Gasteiger partial charge in [-0.3, -0.25) is 4.98 Å². The third-order valence-electron chi connectivity index (χ3n) is 3.19. The summed E-state index contributed by atoms with van der Waals surface area (Å²) in [6.45, 7) is 0. The Balaban J connectivity index is 1.92. The van der Waals surface area contributed by atoms with E-state index < -0.39 is 0 Å². The van der Waals surface area contributed by atoms with Crippen LogP contribution in [0.5, 0.6) is 0 Å². The second-order valence-corrected chi connectivity index (χ2v) is 4.91. The number of benzene rings is 2. The fourth-order valence-corrected chi connectivity index (χ4v) is 2.70. The predicted molar refractivity (Wildman–Crippen MR) is 78.2 cm³/mol. The van der Waals surface area contributed by atoms with Crippen molar-refractivity contribution >= 4 is 33.5 Å². The molecule has 2 aromatic carbocycles. The van der Waals surface area contributed by atoms with Crippen molar-refractivity contribution in [3.63, 3.8) is 0 Å². The SMILES string of the molecule is c1ccc2cc(-c3cc4nsnc4cn3)ccc2c1. The lowest BCUT2D eigenvalue weighted by Crippen LogP contribution is -1.84. The normalized spacial score (nSPS) is 11.2. The standard InChI is InChI=1S/C15H9N3S/c1-2-4-11-7-12(6-5-10(11)3-1)13-8-14-15(9-16-13)18-19-17-14/h1-9H. The van der Waals surface area contributed by atoms with E-state index in [1.165, 1.54) is 22.5 Å². The molecule has 0 saturated heterocycles. The minimum atomic E-state index is 0.856. The maximum absolute atomic E-state index is 4.46. The Bertz CT molecular complexity index is 882. The Kier molecular flexibility index (Phi) is 2.28. The number of rotatable bonds is 1. The molecule has 0 aliphatic rings. The second kappa shape index (κ2) is 4.10. The number of aromatic nitrogens is 3. The van der Waals surface area contributed by atoms with Crippen LogP contribution in [0.25, 0.3) is 33.1 Å². The molecule has 0 atom stereocenters. The molecular weight excluding hydrogens is 254 g/mol. The van der Waals surface area contributed by atoms with Crippen LogP contribution in [0.3, 0.4) is 0 Å². The van der Waals surface area contributed by atoms with E-state index in [9.17, 15) is 0 Å². The molecule has 0 aliphatic heterocycles. The predicted octanol–water partition coefficient (Wildman–Crippen LogP) is 3.91. The molecular formula is C15H9N3S. The highest BCUT2D eigenvalue weighted by Crippen LogP contribution is 2.24. The monoisotopic (exact) mass is 263 g/mol. The van der Waals surface area contributed by atoms with Crippen LogP contribution >= 0.6 is 11.7 Å². The number of hydrogen-bond donors (Lipinski definition) is 0. The van der Waals surface area contributed by atoms with Gasteiger partial charge in [0.2, 0.25) is 0 Å². The van der Waals surface area contributed by atoms with Gasteiger partial charge in [0.25, 0.3) is 0 Å². The summed E-state index contributed by atoms with van der Waals surface area (Å²) in [7, 11) is 0. The molecule has 0 radical (unpaired) electrons. The lowest BCUT2D eigenvalue weighted by molar-refractivity contribution is 1.34. The highest BCUT2D eigenvalue weighted by molar-refractivity contribution is 7.00. The second-order valence-electron chi connectivity index (χ2n) is 4.38. The van der Waals surface area contributed by atoms with E-state index in [4.69, 9.17) is 0 Å². The van der Waals surface area contributed by atoms with Crippen molar-refractivity contribution in [3.8, 4) is 11.3 Å². The average molecular weight is 263 g/mol. The maximum Gasteiger partial charge on any atom is 0.123 e. The van der Waals surface area contributed by atoms with Gasteiger partial charge in [-0.05, 0) is 22.9 Å². The van der Waals surface area contributed by atoms with Gasteiger partial charge < -0.3 is 0 Å². The van der Waals surface area contributed by atoms with Crippen LogP contribution in [0.4, 0.5) is 0 Å². The maximum atomic E-state index is 4.46. The van der Waals surface area contributed by atoms with Gasteiger partial charge in [0.05, 0.1) is 23.6 Å². The van der Waals surface area contributed by atoms with Gasteiger partial charge in [-0.25, -0.2) is 0 Å². The van der Waals surface area contributed by atoms with Gasteiger partial charge in [0.1, 0.15) is 11.0 Å². The summed E-state index contributed by atoms with van der Waals surface area (Å²) in [4.78, 5) is 4.46. The fraction of sp³-hybridized carbons (Fsp3) is 0. The minimum absolute atomic E-state index is 0.856. The minimum Gasteiger partial charge on any atom is -0.254 e. The Morgan fingerprint density at radius 3 is 2.58 bits per heavy atom. The van der Waals surface area contributed by atoms with E-state index in [1.54, 1.807) is 6.20 Å². The zero-order valence-electron chi connectivity index (χ0n) is 9.95. The van der Waals surface area contributed by atoms with E-state index in [0.29, 0.717) is 0 Å². The molecule has 0 amide bonds. The van der Waals surface area contributed by atoms with Crippen LogP contribution in [-0.4, -0.2) is 13.7 Å². The topological polar surface area (TPSA) is 38.7 Å². The van der Waals surface area contributed by atoms with Crippen molar-refractivity contribution in [1.29, 1.82) is 0 Å². The van der Waals surface area contributed by atoms with E-state index in [2.05, 4.69) is 44.1 Å². The van der Waals surface area contributed by atoms with Crippen molar-refractivity contribution < 1.29 is 0 Å². The largest absolute Gasteiger partial charge is 0.254 e. The summed E-state index contributed by atoms with van der Waals surface area (Å²) in [6.07, 6.45) is 1.78. The smallest absolute Gasteiger partial charge is 0.123 e. The van der Waals surface area contributed by atoms with Gasteiger partial charge in [0.15, 0.2) is 0 Å². The molecule has 4 aromatic rings. The zero-order valence-corrected chi connectivity index (χ0v) is 10.8. The summed E-state index contributed by atoms with van der Waals surface area (Å²) < 4.78 is 8.43. The zero-order chi connectivity index (χ0) is 12.7. The number of hydrogen-bond acceptors (Lipinski definition) is 4. The molecule has 0 fully saturated rings. The summed E-state index contributed by atoms with van der Waals surface area (Å²) in [5.41, 5.74) is 3.80. The van der Waals surface area contributed by atoms with E-state index in [-0.39, 0.29) is 0 Å². The van der Waals surface area contributed by atoms with E-state index in [0.717, 1.165) is 22.3 Å². The van der Waals surface area contributed by atoms with Crippen LogP contribution < -0.4 is 0 Å². The highest BCUT2D eigenvalue weighted by atomic mass is 32.1. The van der Waals surface area contributed by atoms with Gasteiger partial charge in [-0.2, -0.15) is 8.75 Å². The first-order valence-corrected chi connectivity index (χ1v) is 6.71. The van der Waals surface area contributed by atoms with Crippen LogP contribution in [0, 0.1) is 0 Å². The molecule has 0 aliphatic carbocycles. The van der Waals surface area contributed by atoms with Gasteiger partial charge >= 0.3 is 0 Å². The number of pyridine rings is 1. The Labute approximate surface area is 113 Å². The Morgan fingerprint density at radius 2 is 1.63 bits per heavy atom. The number of nitrogens with zero attached hydrogens (tertiary/aromatic N) is 3. The first kappa shape index (κ1) is 10.6. The molecule has 4 rings (SSSR count). The summed E-state index contributed by atoms with van der Waals surface area (Å²) in [6, 6.07) is 16.7. The molecule has 0 bridgehead atoms. The molecule has 0 N–H and O–H groups in total. The van der Waals surface area contributed by atoms with Gasteiger partial charge in [-0.1, -0.05) is 36.4 Å². The third-order valence-corrected chi connectivity index (χ3v) is 3.74. The van der Waals surface area contributed by atoms with E-state index in [1.807, 2.05) is 18.2 Å². The van der Waals surface area contributed by atoms with Crippen LogP contribution in [0.2, 0.25) is 0 Å². The molecule has 19 heavy (non-hydrogen) atoms. The van der Waals surface area contributed by atoms with Crippen molar-refractivity contribution in [2.45, 2.75) is 0 Å². The fourth-order valence-electron chi connectivity index (χ4n) is 2.20. The van der Waals surface area contributed by atoms with Gasteiger partial charge in [0, 0.05) is 5.56 Å². The lowest BCUT2D eigenvalue weighted by Gasteiger charge is -2.03. The quantitative estimate of drug-likeness (QED) is 0.522. The highest BCUT2D eigenvalue weighted by Gasteiger charge is 2.04. The molecule has 2 aromatic heterocycles. The molecule has 4 heteroatoms. The first-order valence-electron chi connectivity index (χ1n) is 5.98. The van der Waals surface area contributed by atoms with Crippen LogP contribution in [0.1, 0.15) is 0 Å².